The van der Waals surface area contributed by atoms with Crippen molar-refractivity contribution in [2.75, 3.05) is 32.1 Å². The number of piperazine rings is 1. The molecule has 1 fully saturated rings. The summed E-state index contributed by atoms with van der Waals surface area (Å²) in [4.78, 5) is 29.4. The maximum atomic E-state index is 14.1. The summed E-state index contributed by atoms with van der Waals surface area (Å²) in [6.07, 6.45) is -5.95. The SMILES string of the molecule is COCC[C@H]1CN(C2=Nc3cc(F)ccc3Nc3ccc(C(F)(F)F)cc32)C(OC(=O)CCC(=O)O)CN1. The molecule has 0 radical (unpaired) electrons. The van der Waals surface area contributed by atoms with Gasteiger partial charge in [0.25, 0.3) is 0 Å². The van der Waals surface area contributed by atoms with Gasteiger partial charge >= 0.3 is 18.1 Å². The van der Waals surface area contributed by atoms with Gasteiger partial charge in [0.2, 0.25) is 0 Å². The van der Waals surface area contributed by atoms with Crippen LogP contribution in [0.5, 0.6) is 0 Å². The molecule has 2 aliphatic rings. The lowest BCUT2D eigenvalue weighted by Gasteiger charge is -2.41. The fraction of sp³-hybridized carbons (Fsp3) is 0.400. The Bertz CT molecular complexity index is 1240. The average Bonchev–Trinajstić information content (AvgIpc) is 3.02. The minimum absolute atomic E-state index is 0.0444. The topological polar surface area (TPSA) is 112 Å². The van der Waals surface area contributed by atoms with E-state index >= 15 is 0 Å². The molecular formula is C25H26F4N4O5. The van der Waals surface area contributed by atoms with Gasteiger partial charge in [0.05, 0.1) is 36.3 Å². The van der Waals surface area contributed by atoms with Crippen molar-refractivity contribution in [1.29, 1.82) is 0 Å². The van der Waals surface area contributed by atoms with E-state index < -0.39 is 42.1 Å². The van der Waals surface area contributed by atoms with Crippen molar-refractivity contribution in [3.63, 3.8) is 0 Å². The van der Waals surface area contributed by atoms with E-state index in [-0.39, 0.29) is 42.6 Å². The van der Waals surface area contributed by atoms with Gasteiger partial charge in [-0.15, -0.1) is 0 Å². The van der Waals surface area contributed by atoms with Crippen LogP contribution in [0.15, 0.2) is 41.4 Å². The second-order valence-electron chi connectivity index (χ2n) is 8.86. The van der Waals surface area contributed by atoms with Crippen LogP contribution in [0.4, 0.5) is 34.6 Å². The maximum Gasteiger partial charge on any atom is 0.416 e. The number of nitrogens with zero attached hydrogens (tertiary/aromatic N) is 2. The highest BCUT2D eigenvalue weighted by Gasteiger charge is 2.37. The number of methoxy groups -OCH3 is 1. The van der Waals surface area contributed by atoms with Gasteiger partial charge in [0, 0.05) is 43.6 Å². The number of ether oxygens (including phenoxy) is 2. The van der Waals surface area contributed by atoms with Gasteiger partial charge in [-0.1, -0.05) is 0 Å². The van der Waals surface area contributed by atoms with Crippen molar-refractivity contribution in [3.05, 3.63) is 53.3 Å². The van der Waals surface area contributed by atoms with Crippen molar-refractivity contribution in [2.24, 2.45) is 4.99 Å². The van der Waals surface area contributed by atoms with Gasteiger partial charge in [-0.3, -0.25) is 9.59 Å². The van der Waals surface area contributed by atoms with Crippen LogP contribution in [0.1, 0.15) is 30.4 Å². The fourth-order valence-corrected chi connectivity index (χ4v) is 4.25. The van der Waals surface area contributed by atoms with Gasteiger partial charge in [0.1, 0.15) is 11.7 Å². The van der Waals surface area contributed by atoms with E-state index in [4.69, 9.17) is 14.6 Å². The molecule has 2 aromatic rings. The molecule has 9 nitrogen and oxygen atoms in total. The van der Waals surface area contributed by atoms with E-state index in [1.807, 2.05) is 0 Å². The summed E-state index contributed by atoms with van der Waals surface area (Å²) in [5.74, 6) is -2.51. The van der Waals surface area contributed by atoms with Crippen molar-refractivity contribution in [3.8, 4) is 0 Å². The minimum Gasteiger partial charge on any atom is -0.481 e. The number of nitrogens with one attached hydrogen (secondary N) is 2. The number of amidine groups is 1. The number of aliphatic imine (C=N–C) groups is 1. The molecule has 0 spiro atoms. The molecule has 1 saturated heterocycles. The first-order valence-electron chi connectivity index (χ1n) is 11.8. The highest BCUT2D eigenvalue weighted by atomic mass is 19.4. The third-order valence-electron chi connectivity index (χ3n) is 6.14. The average molecular weight is 538 g/mol. The number of carboxylic acid groups (broad SMARTS) is 1. The summed E-state index contributed by atoms with van der Waals surface area (Å²) in [7, 11) is 1.54. The highest BCUT2D eigenvalue weighted by Crippen LogP contribution is 2.39. The second kappa shape index (κ2) is 11.4. The standard InChI is InChI=1S/C25H26F4N4O5/c1-37-9-8-16-13-33(21(12-30-16)38-23(36)7-6-22(34)35)24-17-10-14(25(27,28)29)2-4-18(17)31-19-5-3-15(26)11-20(19)32-24/h2-5,10-11,16,21,30-31H,6-9,12-13H2,1H3,(H,34,35)/t16-,21?/m0/s1. The third-order valence-corrected chi connectivity index (χ3v) is 6.14. The zero-order chi connectivity index (χ0) is 27.4. The number of aliphatic carboxylic acids is 1. The Morgan fingerprint density at radius 3 is 2.63 bits per heavy atom. The van der Waals surface area contributed by atoms with Gasteiger partial charge in [0.15, 0.2) is 6.23 Å². The number of benzene rings is 2. The molecule has 38 heavy (non-hydrogen) atoms. The molecule has 0 aliphatic carbocycles. The molecule has 3 N–H and O–H groups in total. The molecule has 0 saturated carbocycles. The number of anilines is 2. The summed E-state index contributed by atoms with van der Waals surface area (Å²) in [6, 6.07) is 6.72. The number of hydrogen-bond donors (Lipinski definition) is 3. The van der Waals surface area contributed by atoms with E-state index in [0.717, 1.165) is 18.2 Å². The minimum atomic E-state index is -4.64. The maximum absolute atomic E-state index is 14.1. The first kappa shape index (κ1) is 27.3. The van der Waals surface area contributed by atoms with Gasteiger partial charge in [-0.05, 0) is 36.8 Å². The first-order valence-corrected chi connectivity index (χ1v) is 11.8. The van der Waals surface area contributed by atoms with E-state index in [0.29, 0.717) is 24.4 Å². The van der Waals surface area contributed by atoms with Crippen LogP contribution >= 0.6 is 0 Å². The number of halogens is 4. The second-order valence-corrected chi connectivity index (χ2v) is 8.86. The van der Waals surface area contributed by atoms with Crippen LogP contribution in [-0.4, -0.2) is 66.9 Å². The number of carboxylic acids is 1. The van der Waals surface area contributed by atoms with Crippen LogP contribution in [0.25, 0.3) is 0 Å². The highest BCUT2D eigenvalue weighted by molar-refractivity contribution is 6.08. The zero-order valence-electron chi connectivity index (χ0n) is 20.3. The van der Waals surface area contributed by atoms with E-state index in [2.05, 4.69) is 15.6 Å². The number of hydrogen-bond acceptors (Lipinski definition) is 8. The summed E-state index contributed by atoms with van der Waals surface area (Å²) in [5.41, 5.74) is -0.0134. The largest absolute Gasteiger partial charge is 0.481 e. The lowest BCUT2D eigenvalue weighted by atomic mass is 10.0. The smallest absolute Gasteiger partial charge is 0.416 e. The van der Waals surface area contributed by atoms with Crippen LogP contribution in [-0.2, 0) is 25.2 Å². The van der Waals surface area contributed by atoms with Crippen molar-refractivity contribution in [2.45, 2.75) is 37.7 Å². The predicted molar refractivity (Wildman–Crippen MR) is 129 cm³/mol. The summed E-state index contributed by atoms with van der Waals surface area (Å²) in [5, 5.41) is 15.1. The summed E-state index contributed by atoms with van der Waals surface area (Å²) >= 11 is 0. The molecule has 204 valence electrons. The summed E-state index contributed by atoms with van der Waals surface area (Å²) < 4.78 is 65.9. The quantitative estimate of drug-likeness (QED) is 0.358. The molecule has 2 atom stereocenters. The summed E-state index contributed by atoms with van der Waals surface area (Å²) in [6.45, 7) is 0.648. The Morgan fingerprint density at radius 2 is 1.92 bits per heavy atom. The molecule has 2 aliphatic heterocycles. The van der Waals surface area contributed by atoms with Crippen molar-refractivity contribution in [1.82, 2.24) is 10.2 Å². The number of carbonyl (C=O) groups excluding carboxylic acids is 1. The molecule has 0 bridgehead atoms. The predicted octanol–water partition coefficient (Wildman–Crippen LogP) is 4.02. The van der Waals surface area contributed by atoms with Crippen molar-refractivity contribution < 1.29 is 41.7 Å². The Hall–Kier alpha value is -3.71. The number of fused-ring (bicyclic) bond motifs is 2. The fourth-order valence-electron chi connectivity index (χ4n) is 4.25. The van der Waals surface area contributed by atoms with Gasteiger partial charge in [-0.25, -0.2) is 9.38 Å². The normalized spacial score (nSPS) is 19.0. The van der Waals surface area contributed by atoms with Crippen LogP contribution in [0.3, 0.4) is 0 Å². The van der Waals surface area contributed by atoms with Crippen LogP contribution in [0, 0.1) is 5.82 Å². The Kier molecular flexibility index (Phi) is 8.17. The van der Waals surface area contributed by atoms with E-state index in [1.54, 1.807) is 4.90 Å². The molecule has 4 rings (SSSR count). The Morgan fingerprint density at radius 1 is 1.16 bits per heavy atom. The zero-order valence-corrected chi connectivity index (χ0v) is 20.3. The van der Waals surface area contributed by atoms with Crippen LogP contribution in [0.2, 0.25) is 0 Å². The van der Waals surface area contributed by atoms with Crippen LogP contribution < -0.4 is 10.6 Å². The number of carbonyl (C=O) groups is 2. The molecule has 2 aromatic carbocycles. The first-order chi connectivity index (χ1) is 18.0. The van der Waals surface area contributed by atoms with E-state index in [9.17, 15) is 27.2 Å². The van der Waals surface area contributed by atoms with E-state index in [1.165, 1.54) is 25.3 Å². The molecule has 1 unspecified atom stereocenters. The lowest BCUT2D eigenvalue weighted by molar-refractivity contribution is -0.159. The number of alkyl halides is 3. The molecular weight excluding hydrogens is 512 g/mol. The number of esters is 1. The monoisotopic (exact) mass is 538 g/mol. The Labute approximate surface area is 215 Å². The van der Waals surface area contributed by atoms with Gasteiger partial charge < -0.3 is 30.1 Å². The lowest BCUT2D eigenvalue weighted by Crippen LogP contribution is -2.60. The third kappa shape index (κ3) is 6.40. The molecule has 13 heteroatoms. The molecule has 0 amide bonds. The Balaban J connectivity index is 1.80. The van der Waals surface area contributed by atoms with Crippen molar-refractivity contribution >= 4 is 34.8 Å². The molecule has 0 aromatic heterocycles. The van der Waals surface area contributed by atoms with Gasteiger partial charge in [-0.2, -0.15) is 13.2 Å². The number of rotatable bonds is 7. The molecule has 2 heterocycles.